The maximum Gasteiger partial charge on any atom is 0.339 e. The Balaban J connectivity index is 1.37. The Bertz CT molecular complexity index is 1460. The number of ether oxygens (including phenoxy) is 4. The summed E-state index contributed by atoms with van der Waals surface area (Å²) in [5, 5.41) is 2.14. The van der Waals surface area contributed by atoms with Crippen LogP contribution < -0.4 is 14.8 Å². The number of carbonyl (C=O) groups excluding carboxylic acids is 5. The molecular formula is C30H32ClN3O9S. The predicted molar refractivity (Wildman–Crippen MR) is 164 cm³/mol. The smallest absolute Gasteiger partial charge is 0.339 e. The molecule has 2 aromatic carbocycles. The molecule has 2 saturated heterocycles. The average molecular weight is 646 g/mol. The van der Waals surface area contributed by atoms with E-state index < -0.39 is 29.6 Å². The Morgan fingerprint density at radius 3 is 2.59 bits per heavy atom. The number of imide groups is 1. The van der Waals surface area contributed by atoms with Crippen molar-refractivity contribution in [2.24, 2.45) is 0 Å². The minimum absolute atomic E-state index is 0.0882. The fraction of sp³-hybridized carbons (Fsp3) is 0.367. The third-order valence-corrected chi connectivity index (χ3v) is 7.81. The second kappa shape index (κ2) is 15.6. The molecule has 1 N–H and O–H groups in total. The van der Waals surface area contributed by atoms with E-state index in [0.717, 1.165) is 11.3 Å². The highest BCUT2D eigenvalue weighted by atomic mass is 35.5. The van der Waals surface area contributed by atoms with E-state index in [0.29, 0.717) is 61.5 Å². The normalized spacial score (nSPS) is 15.8. The number of nitrogens with one attached hydrogen (secondary N) is 1. The van der Waals surface area contributed by atoms with Crippen LogP contribution in [0.5, 0.6) is 11.5 Å². The molecule has 0 radical (unpaired) electrons. The molecule has 4 amide bonds. The molecule has 2 aliphatic heterocycles. The predicted octanol–water partition coefficient (Wildman–Crippen LogP) is 4.22. The van der Waals surface area contributed by atoms with Crippen LogP contribution >= 0.6 is 23.4 Å². The van der Waals surface area contributed by atoms with Gasteiger partial charge in [-0.15, -0.1) is 0 Å². The summed E-state index contributed by atoms with van der Waals surface area (Å²) in [5.41, 5.74) is 0.888. The van der Waals surface area contributed by atoms with Gasteiger partial charge in [-0.2, -0.15) is 0 Å². The lowest BCUT2D eigenvalue weighted by Gasteiger charge is -2.26. The van der Waals surface area contributed by atoms with Crippen molar-refractivity contribution < 1.29 is 42.9 Å². The fourth-order valence-electron chi connectivity index (χ4n) is 4.21. The van der Waals surface area contributed by atoms with E-state index in [-0.39, 0.29) is 40.3 Å². The first-order valence-corrected chi connectivity index (χ1v) is 15.1. The van der Waals surface area contributed by atoms with Gasteiger partial charge in [0.2, 0.25) is 5.91 Å². The summed E-state index contributed by atoms with van der Waals surface area (Å²) in [6, 6.07) is 9.19. The van der Waals surface area contributed by atoms with Crippen LogP contribution in [0.15, 0.2) is 41.3 Å². The summed E-state index contributed by atoms with van der Waals surface area (Å²) in [4.78, 5) is 65.7. The molecule has 0 spiro atoms. The first-order chi connectivity index (χ1) is 21.2. The summed E-state index contributed by atoms with van der Waals surface area (Å²) in [7, 11) is 1.45. The molecule has 14 heteroatoms. The van der Waals surface area contributed by atoms with Gasteiger partial charge in [0.1, 0.15) is 6.54 Å². The SMILES string of the molecule is CCCCOC(=O)c1cc(NC(=O)CN2C(=O)S/C(=C\c3ccc(OCC(=O)N4CCOCC4)c(OC)c3)C2=O)ccc1Cl. The van der Waals surface area contributed by atoms with Crippen molar-refractivity contribution in [2.45, 2.75) is 19.8 Å². The molecule has 0 bridgehead atoms. The van der Waals surface area contributed by atoms with E-state index in [9.17, 15) is 24.0 Å². The molecule has 2 heterocycles. The number of rotatable bonds is 12. The van der Waals surface area contributed by atoms with Gasteiger partial charge in [0.25, 0.3) is 17.1 Å². The summed E-state index contributed by atoms with van der Waals surface area (Å²) in [6.45, 7) is 3.50. The van der Waals surface area contributed by atoms with Gasteiger partial charge < -0.3 is 29.2 Å². The minimum Gasteiger partial charge on any atom is -0.493 e. The Morgan fingerprint density at radius 2 is 1.86 bits per heavy atom. The molecule has 12 nitrogen and oxygen atoms in total. The quantitative estimate of drug-likeness (QED) is 0.203. The number of halogens is 1. The maximum absolute atomic E-state index is 13.0. The number of anilines is 1. The summed E-state index contributed by atoms with van der Waals surface area (Å²) in [5.74, 6) is -1.39. The van der Waals surface area contributed by atoms with E-state index in [2.05, 4.69) is 5.32 Å². The van der Waals surface area contributed by atoms with Gasteiger partial charge in [-0.25, -0.2) is 4.79 Å². The summed E-state index contributed by atoms with van der Waals surface area (Å²) in [6.07, 6.45) is 3.07. The molecular weight excluding hydrogens is 614 g/mol. The van der Waals surface area contributed by atoms with E-state index >= 15 is 0 Å². The van der Waals surface area contributed by atoms with Crippen molar-refractivity contribution in [1.29, 1.82) is 0 Å². The second-order valence-corrected chi connectivity index (χ2v) is 11.1. The van der Waals surface area contributed by atoms with Crippen LogP contribution in [0.1, 0.15) is 35.7 Å². The molecule has 4 rings (SSSR count). The molecule has 0 atom stereocenters. The number of methoxy groups -OCH3 is 1. The number of hydrogen-bond donors (Lipinski definition) is 1. The number of unbranched alkanes of at least 4 members (excludes halogenated alkanes) is 1. The highest BCUT2D eigenvalue weighted by molar-refractivity contribution is 8.18. The minimum atomic E-state index is -0.643. The highest BCUT2D eigenvalue weighted by Crippen LogP contribution is 2.34. The molecule has 2 aromatic rings. The molecule has 44 heavy (non-hydrogen) atoms. The van der Waals surface area contributed by atoms with Crippen molar-refractivity contribution in [2.75, 3.05) is 58.5 Å². The zero-order valence-electron chi connectivity index (χ0n) is 24.3. The van der Waals surface area contributed by atoms with Crippen LogP contribution in [0.25, 0.3) is 6.08 Å². The van der Waals surface area contributed by atoms with Gasteiger partial charge in [0, 0.05) is 18.8 Å². The number of thioether (sulfide) groups is 1. The molecule has 2 aliphatic rings. The standard InChI is InChI=1S/C30H32ClN3O9S/c1-3-4-11-42-29(38)21-16-20(6-7-22(21)31)32-26(35)17-34-28(37)25(44-30(34)39)15-19-5-8-23(24(14-19)40-2)43-18-27(36)33-9-12-41-13-10-33/h5-8,14-16H,3-4,9-13,17-18H2,1-2H3,(H,32,35)/b25-15-. The molecule has 2 fully saturated rings. The van der Waals surface area contributed by atoms with Crippen molar-refractivity contribution in [3.05, 3.63) is 57.5 Å². The van der Waals surface area contributed by atoms with E-state index in [4.69, 9.17) is 30.5 Å². The Kier molecular flexibility index (Phi) is 11.6. The van der Waals surface area contributed by atoms with Crippen molar-refractivity contribution >= 4 is 64.1 Å². The number of amides is 4. The van der Waals surface area contributed by atoms with Crippen LogP contribution in [0, 0.1) is 0 Å². The zero-order valence-corrected chi connectivity index (χ0v) is 25.8. The van der Waals surface area contributed by atoms with Gasteiger partial charge in [-0.3, -0.25) is 24.1 Å². The summed E-state index contributed by atoms with van der Waals surface area (Å²) < 4.78 is 21.5. The van der Waals surface area contributed by atoms with Gasteiger partial charge >= 0.3 is 5.97 Å². The van der Waals surface area contributed by atoms with Crippen molar-refractivity contribution in [1.82, 2.24) is 9.80 Å². The molecule has 0 unspecified atom stereocenters. The lowest BCUT2D eigenvalue weighted by Crippen LogP contribution is -2.43. The maximum atomic E-state index is 13.0. The van der Waals surface area contributed by atoms with E-state index in [1.165, 1.54) is 31.4 Å². The zero-order chi connectivity index (χ0) is 31.6. The second-order valence-electron chi connectivity index (χ2n) is 9.69. The van der Waals surface area contributed by atoms with E-state index in [1.807, 2.05) is 6.92 Å². The number of carbonyl (C=O) groups is 5. The number of esters is 1. The Hall–Kier alpha value is -4.07. The molecule has 0 aliphatic carbocycles. The van der Waals surface area contributed by atoms with Crippen LogP contribution in [-0.2, 0) is 23.9 Å². The lowest BCUT2D eigenvalue weighted by molar-refractivity contribution is -0.137. The van der Waals surface area contributed by atoms with Gasteiger partial charge in [0.05, 0.1) is 42.4 Å². The number of morpholine rings is 1. The first-order valence-electron chi connectivity index (χ1n) is 13.9. The van der Waals surface area contributed by atoms with Crippen LogP contribution in [0.4, 0.5) is 10.5 Å². The van der Waals surface area contributed by atoms with Crippen LogP contribution in [0.2, 0.25) is 5.02 Å². The van der Waals surface area contributed by atoms with Crippen molar-refractivity contribution in [3.63, 3.8) is 0 Å². The number of nitrogens with zero attached hydrogens (tertiary/aromatic N) is 2. The van der Waals surface area contributed by atoms with Crippen LogP contribution in [-0.4, -0.2) is 91.9 Å². The average Bonchev–Trinajstić information content (AvgIpc) is 3.28. The lowest BCUT2D eigenvalue weighted by atomic mass is 10.2. The highest BCUT2D eigenvalue weighted by Gasteiger charge is 2.36. The topological polar surface area (TPSA) is 141 Å². The number of benzene rings is 2. The molecule has 0 saturated carbocycles. The number of hydrogen-bond acceptors (Lipinski definition) is 10. The Labute approximate surface area is 263 Å². The Morgan fingerprint density at radius 1 is 1.09 bits per heavy atom. The summed E-state index contributed by atoms with van der Waals surface area (Å²) >= 11 is 6.83. The van der Waals surface area contributed by atoms with Gasteiger partial charge in [-0.05, 0) is 60.2 Å². The first kappa shape index (κ1) is 32.8. The van der Waals surface area contributed by atoms with Gasteiger partial charge in [0.15, 0.2) is 18.1 Å². The monoisotopic (exact) mass is 645 g/mol. The van der Waals surface area contributed by atoms with Crippen LogP contribution in [0.3, 0.4) is 0 Å². The third kappa shape index (κ3) is 8.52. The fourth-order valence-corrected chi connectivity index (χ4v) is 5.25. The molecule has 0 aromatic heterocycles. The van der Waals surface area contributed by atoms with Gasteiger partial charge in [-0.1, -0.05) is 31.0 Å². The van der Waals surface area contributed by atoms with Crippen molar-refractivity contribution in [3.8, 4) is 11.5 Å². The third-order valence-electron chi connectivity index (χ3n) is 6.58. The largest absolute Gasteiger partial charge is 0.493 e. The molecule has 234 valence electrons. The van der Waals surface area contributed by atoms with E-state index in [1.54, 1.807) is 23.1 Å².